The summed E-state index contributed by atoms with van der Waals surface area (Å²) in [5.74, 6) is -3.94. The maximum Gasteiger partial charge on any atom is 0.355 e. The van der Waals surface area contributed by atoms with Crippen LogP contribution in [0, 0.1) is 30.9 Å². The number of ether oxygens (including phenoxy) is 2. The van der Waals surface area contributed by atoms with Crippen molar-refractivity contribution in [2.75, 3.05) is 64.1 Å². The summed E-state index contributed by atoms with van der Waals surface area (Å²) in [6, 6.07) is 6.26. The second-order valence-corrected chi connectivity index (χ2v) is 18.6. The van der Waals surface area contributed by atoms with Crippen molar-refractivity contribution in [3.63, 3.8) is 0 Å². The van der Waals surface area contributed by atoms with E-state index >= 15 is 8.78 Å². The largest absolute Gasteiger partial charge is 0.507 e. The molecule has 4 aromatic rings. The van der Waals surface area contributed by atoms with E-state index in [0.717, 1.165) is 12.1 Å². The minimum Gasteiger partial charge on any atom is -0.507 e. The number of hydrogen-bond acceptors (Lipinski definition) is 14. The number of nitrogens with one attached hydrogen (secondary N) is 2. The number of likely N-dealkylation sites (tertiary alicyclic amines) is 1. The predicted octanol–water partition coefficient (Wildman–Crippen LogP) is 3.05. The van der Waals surface area contributed by atoms with Gasteiger partial charge in [0.15, 0.2) is 23.0 Å². The van der Waals surface area contributed by atoms with Crippen molar-refractivity contribution >= 4 is 46.1 Å². The smallest absolute Gasteiger partial charge is 0.355 e. The summed E-state index contributed by atoms with van der Waals surface area (Å²) >= 11 is 0. The molecule has 4 N–H and O–H groups in total. The molecule has 0 bridgehead atoms. The highest BCUT2D eigenvalue weighted by molar-refractivity contribution is 5.93. The molecule has 0 spiro atoms. The van der Waals surface area contributed by atoms with Gasteiger partial charge in [-0.3, -0.25) is 29.3 Å². The monoisotopic (exact) mass is 958 g/mol. The molecule has 6 rings (SSSR count). The van der Waals surface area contributed by atoms with Crippen LogP contribution >= 0.6 is 0 Å². The van der Waals surface area contributed by atoms with Gasteiger partial charge in [0.1, 0.15) is 36.3 Å². The minimum absolute atomic E-state index is 0.00365. The number of anilines is 1. The Kier molecular flexibility index (Phi) is 16.4. The van der Waals surface area contributed by atoms with Gasteiger partial charge in [0.2, 0.25) is 17.7 Å². The number of ketones is 2. The van der Waals surface area contributed by atoms with Gasteiger partial charge in [0, 0.05) is 45.2 Å². The summed E-state index contributed by atoms with van der Waals surface area (Å²) in [6.45, 7) is 15.9. The first kappa shape index (κ1) is 51.9. The van der Waals surface area contributed by atoms with Crippen LogP contribution in [0.4, 0.5) is 14.6 Å². The molecule has 4 atom stereocenters. The molecule has 0 unspecified atom stereocenters. The third kappa shape index (κ3) is 11.9. The lowest BCUT2D eigenvalue weighted by Gasteiger charge is -2.40. The molecule has 0 saturated carbocycles. The van der Waals surface area contributed by atoms with Crippen LogP contribution in [0.1, 0.15) is 57.7 Å². The number of nitrogens with zero attached hydrogens (tertiary/aromatic N) is 6. The molecule has 2 aromatic carbocycles. The summed E-state index contributed by atoms with van der Waals surface area (Å²) in [6.07, 6.45) is 0.588. The zero-order chi connectivity index (χ0) is 50.5. The topological polar surface area (TPSA) is 226 Å². The lowest BCUT2D eigenvalue weighted by molar-refractivity contribution is -0.141. The number of aliphatic hydroxyl groups is 1. The number of aliphatic hydroxyl groups excluding tert-OH is 1. The first-order chi connectivity index (χ1) is 32.6. The third-order valence-corrected chi connectivity index (χ3v) is 12.2. The molecule has 3 amide bonds. The fraction of sp³-hybridized carbons (Fsp3) is 0.469. The van der Waals surface area contributed by atoms with Crippen molar-refractivity contribution in [2.45, 2.75) is 85.7 Å². The molecule has 2 aliphatic heterocycles. The highest BCUT2D eigenvalue weighted by Crippen LogP contribution is 2.37. The van der Waals surface area contributed by atoms with Crippen molar-refractivity contribution < 1.29 is 52.4 Å². The van der Waals surface area contributed by atoms with E-state index in [4.69, 9.17) is 9.47 Å². The molecule has 4 heterocycles. The minimum atomic E-state index is -0.966. The summed E-state index contributed by atoms with van der Waals surface area (Å²) in [4.78, 5) is 91.4. The van der Waals surface area contributed by atoms with E-state index in [1.165, 1.54) is 34.6 Å². The molecule has 2 aromatic heterocycles. The van der Waals surface area contributed by atoms with Crippen LogP contribution in [0.3, 0.4) is 0 Å². The Labute approximate surface area is 398 Å². The molecule has 69 heavy (non-hydrogen) atoms. The van der Waals surface area contributed by atoms with Crippen LogP contribution in [-0.4, -0.2) is 147 Å². The number of β-amino-alcohol motifs (C(OH)–C–C–N with tert-alkyl or cyclic N) is 1. The number of aromatic nitrogens is 3. The van der Waals surface area contributed by atoms with Crippen LogP contribution in [-0.2, 0) is 40.0 Å². The van der Waals surface area contributed by atoms with Gasteiger partial charge in [-0.25, -0.2) is 23.1 Å². The fourth-order valence-electron chi connectivity index (χ4n) is 8.91. The maximum absolute atomic E-state index is 16.1. The van der Waals surface area contributed by atoms with E-state index in [0.29, 0.717) is 22.4 Å². The number of aryl methyl sites for hydroxylation is 2. The van der Waals surface area contributed by atoms with E-state index in [1.807, 2.05) is 27.7 Å². The Hall–Kier alpha value is -6.48. The standard InChI is InChI=1S/C49H60F2N8O10/c1-9-40(65)56-13-14-57(29(4)23-56)45-34-20-36(51)42(41-35(50)11-10-12-38(41)63)54-46(34)59(48(67)55-45)43-27(2)17-31(18-28(43)3)21-52-39(64)26-69-16-15-68-25-33(62)22-53-44(49(6,7)8)47(66)58-24-32(61)19-37(58)30(5)60/h9-12,17-18,20,29,32,37,44,53,61,63H,1,13-16,19,21-26H2,2-8H3,(H,52,64)/t29-,32+,37-,44+/m0/s1. The Bertz CT molecular complexity index is 2660. The van der Waals surface area contributed by atoms with Gasteiger partial charge in [-0.05, 0) is 74.1 Å². The van der Waals surface area contributed by atoms with Gasteiger partial charge >= 0.3 is 5.69 Å². The lowest BCUT2D eigenvalue weighted by atomic mass is 9.85. The fourth-order valence-corrected chi connectivity index (χ4v) is 8.91. The number of fused-ring (bicyclic) bond motifs is 1. The molecule has 2 saturated heterocycles. The van der Waals surface area contributed by atoms with Crippen molar-refractivity contribution in [3.8, 4) is 22.7 Å². The van der Waals surface area contributed by atoms with E-state index in [2.05, 4.69) is 27.2 Å². The number of rotatable bonds is 18. The molecule has 20 heteroatoms. The molecular formula is C49H60F2N8O10. The first-order valence-electron chi connectivity index (χ1n) is 22.7. The number of carbonyl (C=O) groups is 5. The SMILES string of the molecule is C=CC(=O)N1CCN(c2nc(=O)n(-c3c(C)cc(CNC(=O)COCCOCC(=O)CN[C@H](C(=O)N4C[C@H](O)C[C@H]4C(C)=O)C(C)(C)C)cc3C)c3nc(-c4c(O)cccc4F)c(F)cc23)[C@@H](C)C1. The van der Waals surface area contributed by atoms with Crippen molar-refractivity contribution in [1.82, 2.24) is 35.0 Å². The molecule has 0 radical (unpaired) electrons. The number of Topliss-reactive ketones (excluding diaryl/α,β-unsaturated/α-hetero) is 2. The predicted molar refractivity (Wildman–Crippen MR) is 252 cm³/mol. The van der Waals surface area contributed by atoms with Gasteiger partial charge in [0.05, 0.1) is 54.6 Å². The van der Waals surface area contributed by atoms with Gasteiger partial charge in [-0.15, -0.1) is 0 Å². The number of amides is 3. The number of carbonyl (C=O) groups excluding carboxylic acids is 5. The van der Waals surface area contributed by atoms with Crippen LogP contribution in [0.5, 0.6) is 5.75 Å². The summed E-state index contributed by atoms with van der Waals surface area (Å²) in [5.41, 5.74) is -0.272. The average Bonchev–Trinajstić information content (AvgIpc) is 3.68. The highest BCUT2D eigenvalue weighted by atomic mass is 19.1. The number of phenolic OH excluding ortho intramolecular Hbond substituents is 1. The Morgan fingerprint density at radius 3 is 2.29 bits per heavy atom. The molecule has 2 aliphatic rings. The van der Waals surface area contributed by atoms with Crippen LogP contribution in [0.25, 0.3) is 28.0 Å². The van der Waals surface area contributed by atoms with E-state index < -0.39 is 63.8 Å². The number of pyridine rings is 1. The second kappa shape index (κ2) is 21.9. The normalized spacial score (nSPS) is 17.8. The van der Waals surface area contributed by atoms with E-state index in [-0.39, 0.29) is 118 Å². The summed E-state index contributed by atoms with van der Waals surface area (Å²) < 4.78 is 43.4. The van der Waals surface area contributed by atoms with Crippen molar-refractivity contribution in [1.29, 1.82) is 0 Å². The first-order valence-corrected chi connectivity index (χ1v) is 22.7. The Morgan fingerprint density at radius 1 is 0.986 bits per heavy atom. The van der Waals surface area contributed by atoms with Gasteiger partial charge in [0.25, 0.3) is 0 Å². The Morgan fingerprint density at radius 2 is 1.67 bits per heavy atom. The molecular weight excluding hydrogens is 899 g/mol. The number of piperazine rings is 1. The van der Waals surface area contributed by atoms with Crippen LogP contribution < -0.4 is 21.2 Å². The summed E-state index contributed by atoms with van der Waals surface area (Å²) in [5, 5.41) is 26.7. The average molecular weight is 959 g/mol. The molecule has 2 fully saturated rings. The third-order valence-electron chi connectivity index (χ3n) is 12.2. The van der Waals surface area contributed by atoms with E-state index in [1.54, 1.807) is 35.8 Å². The van der Waals surface area contributed by atoms with Gasteiger partial charge in [-0.2, -0.15) is 4.98 Å². The second-order valence-electron chi connectivity index (χ2n) is 18.6. The number of hydrogen-bond donors (Lipinski definition) is 4. The number of benzene rings is 2. The lowest BCUT2D eigenvalue weighted by Crippen LogP contribution is -2.56. The van der Waals surface area contributed by atoms with Gasteiger partial charge < -0.3 is 39.7 Å². The zero-order valence-electron chi connectivity index (χ0n) is 39.9. The van der Waals surface area contributed by atoms with Crippen LogP contribution in [0.2, 0.25) is 0 Å². The quantitative estimate of drug-likeness (QED) is 0.0832. The molecule has 18 nitrogen and oxygen atoms in total. The molecule has 370 valence electrons. The number of aromatic hydroxyl groups is 1. The number of phenols is 1. The van der Waals surface area contributed by atoms with E-state index in [9.17, 15) is 39.0 Å². The zero-order valence-corrected chi connectivity index (χ0v) is 39.9. The van der Waals surface area contributed by atoms with Gasteiger partial charge in [-0.1, -0.05) is 45.5 Å². The van der Waals surface area contributed by atoms with Crippen LogP contribution in [0.15, 0.2) is 53.8 Å². The maximum atomic E-state index is 16.1. The highest BCUT2D eigenvalue weighted by Gasteiger charge is 2.43. The Balaban J connectivity index is 1.09. The molecule has 0 aliphatic carbocycles. The van der Waals surface area contributed by atoms with Crippen molar-refractivity contribution in [3.05, 3.63) is 87.9 Å². The van der Waals surface area contributed by atoms with Crippen molar-refractivity contribution in [2.24, 2.45) is 5.41 Å². The summed E-state index contributed by atoms with van der Waals surface area (Å²) in [7, 11) is 0. The number of halogens is 2.